The SMILES string of the molecule is C=Cc1c(O)ccc(C2CCNCC2)c1C=C. The highest BCUT2D eigenvalue weighted by Crippen LogP contribution is 2.34. The molecule has 1 saturated heterocycles. The summed E-state index contributed by atoms with van der Waals surface area (Å²) >= 11 is 0. The van der Waals surface area contributed by atoms with Crippen molar-refractivity contribution in [3.05, 3.63) is 42.0 Å². The summed E-state index contributed by atoms with van der Waals surface area (Å²) in [6.07, 6.45) is 5.81. The number of hydrogen-bond donors (Lipinski definition) is 2. The number of rotatable bonds is 3. The molecule has 1 heterocycles. The summed E-state index contributed by atoms with van der Waals surface area (Å²) in [5, 5.41) is 13.2. The normalized spacial score (nSPS) is 16.7. The Bertz CT molecular complexity index is 431. The number of benzene rings is 1. The molecule has 0 bridgehead atoms. The summed E-state index contributed by atoms with van der Waals surface area (Å²) < 4.78 is 0. The molecule has 0 unspecified atom stereocenters. The van der Waals surface area contributed by atoms with E-state index < -0.39 is 0 Å². The van der Waals surface area contributed by atoms with Gasteiger partial charge in [0.05, 0.1) is 0 Å². The fourth-order valence-corrected chi connectivity index (χ4v) is 2.57. The van der Waals surface area contributed by atoms with Crippen LogP contribution in [0.1, 0.15) is 35.4 Å². The highest BCUT2D eigenvalue weighted by Gasteiger charge is 2.19. The van der Waals surface area contributed by atoms with E-state index in [1.54, 1.807) is 12.1 Å². The molecule has 0 aromatic heterocycles. The molecule has 0 spiro atoms. The van der Waals surface area contributed by atoms with Crippen LogP contribution < -0.4 is 5.32 Å². The molecule has 2 heteroatoms. The molecule has 0 atom stereocenters. The van der Waals surface area contributed by atoms with Crippen molar-refractivity contribution in [3.63, 3.8) is 0 Å². The van der Waals surface area contributed by atoms with Crippen LogP contribution in [0.3, 0.4) is 0 Å². The van der Waals surface area contributed by atoms with E-state index in [-0.39, 0.29) is 5.75 Å². The van der Waals surface area contributed by atoms with E-state index >= 15 is 0 Å². The maximum absolute atomic E-state index is 9.81. The largest absolute Gasteiger partial charge is 0.507 e. The summed E-state index contributed by atoms with van der Waals surface area (Å²) in [6, 6.07) is 3.79. The van der Waals surface area contributed by atoms with Gasteiger partial charge in [0.2, 0.25) is 0 Å². The van der Waals surface area contributed by atoms with E-state index in [4.69, 9.17) is 0 Å². The summed E-state index contributed by atoms with van der Waals surface area (Å²) in [5.41, 5.74) is 3.12. The molecular weight excluding hydrogens is 210 g/mol. The van der Waals surface area contributed by atoms with Crippen molar-refractivity contribution in [2.24, 2.45) is 0 Å². The first-order valence-corrected chi connectivity index (χ1v) is 6.09. The van der Waals surface area contributed by atoms with Crippen molar-refractivity contribution < 1.29 is 5.11 Å². The average Bonchev–Trinajstić information content (AvgIpc) is 2.39. The van der Waals surface area contributed by atoms with E-state index in [0.29, 0.717) is 5.92 Å². The maximum Gasteiger partial charge on any atom is 0.123 e. The van der Waals surface area contributed by atoms with Gasteiger partial charge < -0.3 is 10.4 Å². The average molecular weight is 229 g/mol. The third kappa shape index (κ3) is 2.27. The first-order chi connectivity index (χ1) is 8.27. The third-order valence-electron chi connectivity index (χ3n) is 3.49. The van der Waals surface area contributed by atoms with Crippen LogP contribution in [0, 0.1) is 0 Å². The summed E-state index contributed by atoms with van der Waals surface area (Å²) in [7, 11) is 0. The number of piperidine rings is 1. The minimum absolute atomic E-state index is 0.285. The number of aromatic hydroxyl groups is 1. The molecule has 0 radical (unpaired) electrons. The van der Waals surface area contributed by atoms with Crippen LogP contribution in [-0.2, 0) is 0 Å². The lowest BCUT2D eigenvalue weighted by Gasteiger charge is -2.25. The molecule has 1 aliphatic heterocycles. The van der Waals surface area contributed by atoms with Gasteiger partial charge in [0.1, 0.15) is 5.75 Å². The molecular formula is C15H19NO. The summed E-state index contributed by atoms with van der Waals surface area (Å²) in [4.78, 5) is 0. The van der Waals surface area contributed by atoms with Crippen LogP contribution in [0.15, 0.2) is 25.3 Å². The van der Waals surface area contributed by atoms with E-state index in [1.165, 1.54) is 5.56 Å². The predicted octanol–water partition coefficient (Wildman–Crippen LogP) is 3.15. The number of phenols is 1. The first-order valence-electron chi connectivity index (χ1n) is 6.09. The second-order valence-electron chi connectivity index (χ2n) is 4.43. The maximum atomic E-state index is 9.81. The zero-order chi connectivity index (χ0) is 12.3. The molecule has 90 valence electrons. The summed E-state index contributed by atoms with van der Waals surface area (Å²) in [6.45, 7) is 9.75. The van der Waals surface area contributed by atoms with Crippen molar-refractivity contribution in [3.8, 4) is 5.75 Å². The monoisotopic (exact) mass is 229 g/mol. The Morgan fingerprint density at radius 3 is 2.35 bits per heavy atom. The van der Waals surface area contributed by atoms with Crippen molar-refractivity contribution >= 4 is 12.2 Å². The van der Waals surface area contributed by atoms with E-state index in [9.17, 15) is 5.11 Å². The lowest BCUT2D eigenvalue weighted by molar-refractivity contribution is 0.456. The van der Waals surface area contributed by atoms with Crippen LogP contribution in [0.2, 0.25) is 0 Å². The van der Waals surface area contributed by atoms with E-state index in [0.717, 1.165) is 37.1 Å². The van der Waals surface area contributed by atoms with Crippen LogP contribution in [0.25, 0.3) is 12.2 Å². The molecule has 1 aromatic rings. The molecule has 2 N–H and O–H groups in total. The van der Waals surface area contributed by atoms with Crippen molar-refractivity contribution in [1.29, 1.82) is 0 Å². The van der Waals surface area contributed by atoms with Gasteiger partial charge >= 0.3 is 0 Å². The quantitative estimate of drug-likeness (QED) is 0.834. The summed E-state index contributed by atoms with van der Waals surface area (Å²) in [5.74, 6) is 0.844. The van der Waals surface area contributed by atoms with Gasteiger partial charge in [-0.3, -0.25) is 0 Å². The van der Waals surface area contributed by atoms with Gasteiger partial charge in [0.15, 0.2) is 0 Å². The number of hydrogen-bond acceptors (Lipinski definition) is 2. The lowest BCUT2D eigenvalue weighted by Crippen LogP contribution is -2.27. The van der Waals surface area contributed by atoms with Gasteiger partial charge in [-0.1, -0.05) is 31.4 Å². The van der Waals surface area contributed by atoms with Crippen molar-refractivity contribution in [2.45, 2.75) is 18.8 Å². The van der Waals surface area contributed by atoms with Crippen LogP contribution >= 0.6 is 0 Å². The minimum Gasteiger partial charge on any atom is -0.507 e. The Balaban J connectivity index is 2.45. The predicted molar refractivity (Wildman–Crippen MR) is 73.1 cm³/mol. The smallest absolute Gasteiger partial charge is 0.123 e. The topological polar surface area (TPSA) is 32.3 Å². The van der Waals surface area contributed by atoms with Gasteiger partial charge in [0, 0.05) is 5.56 Å². The van der Waals surface area contributed by atoms with Gasteiger partial charge in [0.25, 0.3) is 0 Å². The molecule has 17 heavy (non-hydrogen) atoms. The Morgan fingerprint density at radius 1 is 1.12 bits per heavy atom. The second-order valence-corrected chi connectivity index (χ2v) is 4.43. The van der Waals surface area contributed by atoms with Crippen LogP contribution in [0.4, 0.5) is 0 Å². The van der Waals surface area contributed by atoms with Crippen molar-refractivity contribution in [1.82, 2.24) is 5.32 Å². The minimum atomic E-state index is 0.285. The Morgan fingerprint density at radius 2 is 1.76 bits per heavy atom. The Labute approximate surface area is 103 Å². The van der Waals surface area contributed by atoms with E-state index in [2.05, 4.69) is 18.5 Å². The molecule has 0 amide bonds. The molecule has 0 saturated carbocycles. The molecule has 2 nitrogen and oxygen atoms in total. The van der Waals surface area contributed by atoms with Gasteiger partial charge in [-0.2, -0.15) is 0 Å². The first kappa shape index (κ1) is 11.9. The zero-order valence-electron chi connectivity index (χ0n) is 10.1. The number of nitrogens with one attached hydrogen (secondary N) is 1. The molecule has 1 fully saturated rings. The zero-order valence-corrected chi connectivity index (χ0v) is 10.1. The fraction of sp³-hybridized carbons (Fsp3) is 0.333. The van der Waals surface area contributed by atoms with Gasteiger partial charge in [-0.05, 0) is 49.0 Å². The fourth-order valence-electron chi connectivity index (χ4n) is 2.57. The lowest BCUT2D eigenvalue weighted by atomic mass is 9.85. The Hall–Kier alpha value is -1.54. The van der Waals surface area contributed by atoms with Crippen molar-refractivity contribution in [2.75, 3.05) is 13.1 Å². The van der Waals surface area contributed by atoms with Crippen LogP contribution in [0.5, 0.6) is 5.75 Å². The Kier molecular flexibility index (Phi) is 3.64. The van der Waals surface area contributed by atoms with E-state index in [1.807, 2.05) is 12.1 Å². The highest BCUT2D eigenvalue weighted by atomic mass is 16.3. The molecule has 1 aromatic carbocycles. The highest BCUT2D eigenvalue weighted by molar-refractivity contribution is 5.71. The molecule has 0 aliphatic carbocycles. The van der Waals surface area contributed by atoms with Gasteiger partial charge in [-0.25, -0.2) is 0 Å². The molecule has 2 rings (SSSR count). The second kappa shape index (κ2) is 5.19. The van der Waals surface area contributed by atoms with Crippen LogP contribution in [-0.4, -0.2) is 18.2 Å². The molecule has 1 aliphatic rings. The third-order valence-corrected chi connectivity index (χ3v) is 3.49. The standard InChI is InChI=1S/C15H19NO/c1-3-12-13(4-2)15(17)6-5-14(12)11-7-9-16-10-8-11/h3-6,11,16-17H,1-2,7-10H2. The number of phenolic OH excluding ortho intramolecular Hbond substituents is 1. The van der Waals surface area contributed by atoms with Gasteiger partial charge in [-0.15, -0.1) is 0 Å².